The summed E-state index contributed by atoms with van der Waals surface area (Å²) in [4.78, 5) is 27.1. The van der Waals surface area contributed by atoms with Gasteiger partial charge < -0.3 is 9.47 Å². The highest BCUT2D eigenvalue weighted by molar-refractivity contribution is 5.78. The first kappa shape index (κ1) is 19.3. The standard InChI is InChI=1S/C20H29NO4/c1-6-14-13-21(19(23)25-20(3,4)5)17(15-11-9-8-10-12-15)16(14)18(22)24-7-2/h8-12,14,16-17H,6-7,13H2,1-5H3/t14-,16-,17+/m0/s1. The highest BCUT2D eigenvalue weighted by Crippen LogP contribution is 2.43. The third-order valence-electron chi connectivity index (χ3n) is 4.47. The lowest BCUT2D eigenvalue weighted by molar-refractivity contribution is -0.150. The van der Waals surface area contributed by atoms with Crippen LogP contribution in [-0.2, 0) is 14.3 Å². The molecule has 5 heteroatoms. The third-order valence-corrected chi connectivity index (χ3v) is 4.47. The number of carbonyl (C=O) groups is 2. The fourth-order valence-corrected chi connectivity index (χ4v) is 3.42. The first-order valence-corrected chi connectivity index (χ1v) is 8.99. The number of carbonyl (C=O) groups excluding carboxylic acids is 2. The van der Waals surface area contributed by atoms with Crippen molar-refractivity contribution in [3.63, 3.8) is 0 Å². The van der Waals surface area contributed by atoms with Gasteiger partial charge in [-0.3, -0.25) is 9.69 Å². The van der Waals surface area contributed by atoms with Crippen LogP contribution in [-0.4, -0.2) is 35.7 Å². The maximum Gasteiger partial charge on any atom is 0.410 e. The molecule has 1 aliphatic heterocycles. The summed E-state index contributed by atoms with van der Waals surface area (Å²) in [6.45, 7) is 10.2. The summed E-state index contributed by atoms with van der Waals surface area (Å²) in [6, 6.07) is 9.31. The van der Waals surface area contributed by atoms with Gasteiger partial charge in [0.1, 0.15) is 5.60 Å². The predicted octanol–water partition coefficient (Wildman–Crippen LogP) is 4.18. The van der Waals surface area contributed by atoms with Crippen LogP contribution < -0.4 is 0 Å². The van der Waals surface area contributed by atoms with Gasteiger partial charge in [0.25, 0.3) is 0 Å². The Morgan fingerprint density at radius 3 is 2.32 bits per heavy atom. The highest BCUT2D eigenvalue weighted by Gasteiger charge is 2.49. The van der Waals surface area contributed by atoms with Crippen LogP contribution in [0.4, 0.5) is 4.79 Å². The van der Waals surface area contributed by atoms with E-state index in [4.69, 9.17) is 9.47 Å². The Balaban J connectivity index is 2.40. The Labute approximate surface area is 150 Å². The molecule has 1 aromatic carbocycles. The van der Waals surface area contributed by atoms with Crippen molar-refractivity contribution >= 4 is 12.1 Å². The number of benzene rings is 1. The second-order valence-electron chi connectivity index (χ2n) is 7.43. The Morgan fingerprint density at radius 1 is 1.16 bits per heavy atom. The van der Waals surface area contributed by atoms with E-state index in [9.17, 15) is 9.59 Å². The molecule has 0 N–H and O–H groups in total. The van der Waals surface area contributed by atoms with Gasteiger partial charge in [0.15, 0.2) is 0 Å². The van der Waals surface area contributed by atoms with Gasteiger partial charge in [0.05, 0.1) is 18.6 Å². The van der Waals surface area contributed by atoms with Crippen molar-refractivity contribution in [3.8, 4) is 0 Å². The SMILES string of the molecule is CCOC(=O)[C@H]1[C@@H](CC)CN(C(=O)OC(C)(C)C)[C@@H]1c1ccccc1. The fourth-order valence-electron chi connectivity index (χ4n) is 3.42. The largest absolute Gasteiger partial charge is 0.466 e. The quantitative estimate of drug-likeness (QED) is 0.767. The molecular weight excluding hydrogens is 318 g/mol. The molecule has 0 saturated carbocycles. The molecule has 138 valence electrons. The Kier molecular flexibility index (Phi) is 6.09. The molecule has 0 radical (unpaired) electrons. The molecule has 0 unspecified atom stereocenters. The molecule has 0 bridgehead atoms. The van der Waals surface area contributed by atoms with E-state index in [0.29, 0.717) is 13.2 Å². The zero-order valence-electron chi connectivity index (χ0n) is 15.8. The summed E-state index contributed by atoms with van der Waals surface area (Å²) in [5.41, 5.74) is 0.351. The normalized spacial score (nSPS) is 23.4. The molecule has 1 heterocycles. The van der Waals surface area contributed by atoms with Gasteiger partial charge in [-0.1, -0.05) is 43.7 Å². The molecule has 0 spiro atoms. The molecule has 3 atom stereocenters. The van der Waals surface area contributed by atoms with Gasteiger partial charge >= 0.3 is 12.1 Å². The maximum absolute atomic E-state index is 12.8. The van der Waals surface area contributed by atoms with Crippen molar-refractivity contribution < 1.29 is 19.1 Å². The summed E-state index contributed by atoms with van der Waals surface area (Å²) >= 11 is 0. The topological polar surface area (TPSA) is 55.8 Å². The lowest BCUT2D eigenvalue weighted by atomic mass is 9.85. The van der Waals surface area contributed by atoms with E-state index in [0.717, 1.165) is 12.0 Å². The number of likely N-dealkylation sites (tertiary alicyclic amines) is 1. The Morgan fingerprint density at radius 2 is 1.80 bits per heavy atom. The van der Waals surface area contributed by atoms with Gasteiger partial charge in [-0.2, -0.15) is 0 Å². The molecule has 1 amide bonds. The highest BCUT2D eigenvalue weighted by atomic mass is 16.6. The molecule has 0 aromatic heterocycles. The van der Waals surface area contributed by atoms with E-state index < -0.39 is 5.60 Å². The summed E-state index contributed by atoms with van der Waals surface area (Å²) in [5.74, 6) is -0.564. The summed E-state index contributed by atoms with van der Waals surface area (Å²) < 4.78 is 10.9. The van der Waals surface area contributed by atoms with Crippen molar-refractivity contribution in [2.75, 3.05) is 13.2 Å². The van der Waals surface area contributed by atoms with Gasteiger partial charge in [0, 0.05) is 6.54 Å². The van der Waals surface area contributed by atoms with E-state index in [-0.39, 0.29) is 29.9 Å². The Hall–Kier alpha value is -2.04. The molecule has 0 aliphatic carbocycles. The van der Waals surface area contributed by atoms with Crippen LogP contribution in [0.1, 0.15) is 52.6 Å². The van der Waals surface area contributed by atoms with E-state index in [1.165, 1.54) is 0 Å². The van der Waals surface area contributed by atoms with Crippen LogP contribution >= 0.6 is 0 Å². The molecule has 1 aromatic rings. The van der Waals surface area contributed by atoms with Crippen LogP contribution in [0.15, 0.2) is 30.3 Å². The molecule has 5 nitrogen and oxygen atoms in total. The molecule has 1 saturated heterocycles. The first-order valence-electron chi connectivity index (χ1n) is 8.99. The van der Waals surface area contributed by atoms with Gasteiger partial charge in [-0.25, -0.2) is 4.79 Å². The molecular formula is C20H29NO4. The predicted molar refractivity (Wildman–Crippen MR) is 96.0 cm³/mol. The van der Waals surface area contributed by atoms with Crippen molar-refractivity contribution in [3.05, 3.63) is 35.9 Å². The maximum atomic E-state index is 12.8. The zero-order valence-corrected chi connectivity index (χ0v) is 15.8. The van der Waals surface area contributed by atoms with Crippen molar-refractivity contribution in [2.24, 2.45) is 11.8 Å². The van der Waals surface area contributed by atoms with Crippen molar-refractivity contribution in [1.82, 2.24) is 4.90 Å². The molecule has 25 heavy (non-hydrogen) atoms. The van der Waals surface area contributed by atoms with Crippen LogP contribution in [0.2, 0.25) is 0 Å². The van der Waals surface area contributed by atoms with E-state index in [1.807, 2.05) is 58.0 Å². The van der Waals surface area contributed by atoms with E-state index >= 15 is 0 Å². The number of hydrogen-bond donors (Lipinski definition) is 0. The minimum absolute atomic E-state index is 0.0526. The average molecular weight is 347 g/mol. The summed E-state index contributed by atoms with van der Waals surface area (Å²) in [6.07, 6.45) is 0.415. The van der Waals surface area contributed by atoms with Crippen molar-refractivity contribution in [1.29, 1.82) is 0 Å². The van der Waals surface area contributed by atoms with Gasteiger partial charge in [-0.05, 0) is 39.2 Å². The van der Waals surface area contributed by atoms with E-state index in [2.05, 4.69) is 0 Å². The van der Waals surface area contributed by atoms with Crippen LogP contribution in [0.25, 0.3) is 0 Å². The monoisotopic (exact) mass is 347 g/mol. The third kappa shape index (κ3) is 4.53. The average Bonchev–Trinajstić information content (AvgIpc) is 2.94. The van der Waals surface area contributed by atoms with Gasteiger partial charge in [0.2, 0.25) is 0 Å². The smallest absolute Gasteiger partial charge is 0.410 e. The number of amides is 1. The lowest BCUT2D eigenvalue weighted by Gasteiger charge is -2.30. The van der Waals surface area contributed by atoms with Crippen LogP contribution in [0.3, 0.4) is 0 Å². The zero-order chi connectivity index (χ0) is 18.6. The second kappa shape index (κ2) is 7.89. The number of nitrogens with zero attached hydrogens (tertiary/aromatic N) is 1. The molecule has 2 rings (SSSR count). The molecule has 1 fully saturated rings. The fraction of sp³-hybridized carbons (Fsp3) is 0.600. The summed E-state index contributed by atoms with van der Waals surface area (Å²) in [7, 11) is 0. The number of esters is 1. The van der Waals surface area contributed by atoms with E-state index in [1.54, 1.807) is 11.8 Å². The van der Waals surface area contributed by atoms with Crippen LogP contribution in [0.5, 0.6) is 0 Å². The second-order valence-corrected chi connectivity index (χ2v) is 7.43. The van der Waals surface area contributed by atoms with Crippen molar-refractivity contribution in [2.45, 2.75) is 52.7 Å². The molecule has 1 aliphatic rings. The number of hydrogen-bond acceptors (Lipinski definition) is 4. The summed E-state index contributed by atoms with van der Waals surface area (Å²) in [5, 5.41) is 0. The first-order chi connectivity index (χ1) is 11.8. The van der Waals surface area contributed by atoms with Gasteiger partial charge in [-0.15, -0.1) is 0 Å². The minimum Gasteiger partial charge on any atom is -0.466 e. The lowest BCUT2D eigenvalue weighted by Crippen LogP contribution is -2.38. The Bertz CT molecular complexity index is 593. The van der Waals surface area contributed by atoms with Crippen LogP contribution in [0, 0.1) is 11.8 Å². The number of rotatable bonds is 4. The minimum atomic E-state index is -0.581. The number of ether oxygens (including phenoxy) is 2.